The van der Waals surface area contributed by atoms with Gasteiger partial charge in [-0.05, 0) is 87.9 Å². The molecule has 0 saturated heterocycles. The minimum Gasteiger partial charge on any atom is -0.0859 e. The maximum Gasteiger partial charge on any atom is -0.0115 e. The Balaban J connectivity index is 1.68. The maximum absolute atomic E-state index is 2.58. The van der Waals surface area contributed by atoms with Crippen molar-refractivity contribution in [2.45, 2.75) is 66.7 Å². The number of fused-ring (bicyclic) bond motifs is 2. The molecule has 0 spiro atoms. The summed E-state index contributed by atoms with van der Waals surface area (Å²) in [5.41, 5.74) is 3.88. The minimum absolute atomic E-state index is 0.680. The summed E-state index contributed by atoms with van der Waals surface area (Å²) in [4.78, 5) is 0. The number of allylic oxidation sites excluding steroid dienone is 4. The monoisotopic (exact) mass is 272 g/mol. The van der Waals surface area contributed by atoms with Crippen molar-refractivity contribution in [1.29, 1.82) is 0 Å². The lowest BCUT2D eigenvalue weighted by molar-refractivity contribution is -0.183. The van der Waals surface area contributed by atoms with Crippen molar-refractivity contribution in [3.8, 4) is 0 Å². The van der Waals surface area contributed by atoms with Gasteiger partial charge in [0.05, 0.1) is 0 Å². The van der Waals surface area contributed by atoms with Crippen LogP contribution in [0.1, 0.15) is 66.7 Å². The highest BCUT2D eigenvalue weighted by Crippen LogP contribution is 2.72. The van der Waals surface area contributed by atoms with Crippen molar-refractivity contribution in [3.63, 3.8) is 0 Å². The Kier molecular flexibility index (Phi) is 3.63. The summed E-state index contributed by atoms with van der Waals surface area (Å²) in [5.74, 6) is 4.89. The predicted octanol–water partition coefficient (Wildman–Crippen LogP) is 6.00. The first-order valence-corrected chi connectivity index (χ1v) is 8.75. The molecule has 20 heavy (non-hydrogen) atoms. The Labute approximate surface area is 125 Å². The van der Waals surface area contributed by atoms with Crippen LogP contribution in [0.2, 0.25) is 0 Å². The number of hydrogen-bond donors (Lipinski definition) is 0. The summed E-state index contributed by atoms with van der Waals surface area (Å²) in [6.45, 7) is 12.0. The van der Waals surface area contributed by atoms with Crippen LogP contribution >= 0.6 is 0 Å². The molecule has 4 aliphatic rings. The van der Waals surface area contributed by atoms with Gasteiger partial charge in [-0.15, -0.1) is 0 Å². The third kappa shape index (κ3) is 2.02. The van der Waals surface area contributed by atoms with Gasteiger partial charge in [0.2, 0.25) is 0 Å². The normalized spacial score (nSPS) is 43.4. The van der Waals surface area contributed by atoms with Crippen molar-refractivity contribution in [1.82, 2.24) is 0 Å². The van der Waals surface area contributed by atoms with Crippen molar-refractivity contribution in [2.75, 3.05) is 0 Å². The molecule has 0 heteroatoms. The highest BCUT2D eigenvalue weighted by Gasteiger charge is 2.65. The lowest BCUT2D eigenvalue weighted by atomic mass is 9.34. The molecule has 0 aromatic carbocycles. The fraction of sp³-hybridized carbons (Fsp3) is 0.800. The third-order valence-corrected chi connectivity index (χ3v) is 7.01. The van der Waals surface area contributed by atoms with Crippen LogP contribution < -0.4 is 0 Å². The van der Waals surface area contributed by atoms with Gasteiger partial charge in [-0.2, -0.15) is 0 Å². The summed E-state index contributed by atoms with van der Waals surface area (Å²) in [7, 11) is 0. The molecule has 0 amide bonds. The molecule has 0 heterocycles. The zero-order valence-corrected chi connectivity index (χ0v) is 14.1. The lowest BCUT2D eigenvalue weighted by Crippen LogP contribution is -2.64. The van der Waals surface area contributed by atoms with Crippen molar-refractivity contribution in [3.05, 3.63) is 23.3 Å². The summed E-state index contributed by atoms with van der Waals surface area (Å²) in [5, 5.41) is 0. The second kappa shape index (κ2) is 5.04. The maximum atomic E-state index is 2.58. The Morgan fingerprint density at radius 3 is 2.85 bits per heavy atom. The Morgan fingerprint density at radius 1 is 1.45 bits per heavy atom. The molecule has 4 aliphatic carbocycles. The molecular formula is C20H32. The summed E-state index contributed by atoms with van der Waals surface area (Å²) < 4.78 is 0. The van der Waals surface area contributed by atoms with E-state index in [0.717, 1.165) is 29.6 Å². The SMILES string of the molecule is CC(C)=CCC[C@@H](C)[C@@H]1CC[C@@]2(C)[C@@H]3C(C)=CC[C@H]2[C@H]13. The van der Waals surface area contributed by atoms with Crippen LogP contribution in [0.4, 0.5) is 0 Å². The topological polar surface area (TPSA) is 0 Å². The van der Waals surface area contributed by atoms with Crippen LogP contribution in [-0.2, 0) is 0 Å². The first-order chi connectivity index (χ1) is 9.45. The molecule has 112 valence electrons. The molecule has 0 nitrogen and oxygen atoms in total. The van der Waals surface area contributed by atoms with E-state index in [9.17, 15) is 0 Å². The molecular weight excluding hydrogens is 240 g/mol. The van der Waals surface area contributed by atoms with Crippen molar-refractivity contribution < 1.29 is 0 Å². The van der Waals surface area contributed by atoms with Crippen LogP contribution in [0.5, 0.6) is 0 Å². The van der Waals surface area contributed by atoms with Gasteiger partial charge in [0.1, 0.15) is 0 Å². The molecule has 0 N–H and O–H groups in total. The average molecular weight is 272 g/mol. The van der Waals surface area contributed by atoms with Gasteiger partial charge in [-0.1, -0.05) is 37.1 Å². The molecule has 0 unspecified atom stereocenters. The molecule has 0 aliphatic heterocycles. The van der Waals surface area contributed by atoms with Crippen molar-refractivity contribution >= 4 is 0 Å². The van der Waals surface area contributed by atoms with Crippen LogP contribution in [0.25, 0.3) is 0 Å². The summed E-state index contributed by atoms with van der Waals surface area (Å²) in [6, 6.07) is 0. The van der Waals surface area contributed by atoms with E-state index < -0.39 is 0 Å². The molecule has 3 saturated carbocycles. The van der Waals surface area contributed by atoms with Gasteiger partial charge in [0.25, 0.3) is 0 Å². The summed E-state index contributed by atoms with van der Waals surface area (Å²) >= 11 is 0. The second-order valence-corrected chi connectivity index (χ2v) is 8.39. The van der Waals surface area contributed by atoms with E-state index in [1.54, 1.807) is 5.57 Å². The molecule has 4 rings (SSSR count). The van der Waals surface area contributed by atoms with E-state index >= 15 is 0 Å². The second-order valence-electron chi connectivity index (χ2n) is 8.39. The molecule has 0 aromatic heterocycles. The first kappa shape index (κ1) is 14.4. The highest BCUT2D eigenvalue weighted by molar-refractivity contribution is 5.28. The Hall–Kier alpha value is -0.520. The smallest absolute Gasteiger partial charge is 0.0115 e. The molecule has 0 aromatic rings. The summed E-state index contributed by atoms with van der Waals surface area (Å²) in [6.07, 6.45) is 12.0. The number of hydrogen-bond acceptors (Lipinski definition) is 0. The zero-order chi connectivity index (χ0) is 14.5. The molecule has 6 atom stereocenters. The van der Waals surface area contributed by atoms with Gasteiger partial charge in [0, 0.05) is 0 Å². The van der Waals surface area contributed by atoms with Gasteiger partial charge in [0.15, 0.2) is 0 Å². The number of rotatable bonds is 4. The van der Waals surface area contributed by atoms with Gasteiger partial charge in [-0.25, -0.2) is 0 Å². The van der Waals surface area contributed by atoms with Gasteiger partial charge in [-0.3, -0.25) is 0 Å². The Morgan fingerprint density at radius 2 is 2.20 bits per heavy atom. The fourth-order valence-corrected chi connectivity index (χ4v) is 5.98. The highest BCUT2D eigenvalue weighted by atomic mass is 14.7. The van der Waals surface area contributed by atoms with E-state index in [2.05, 4.69) is 46.8 Å². The van der Waals surface area contributed by atoms with Gasteiger partial charge < -0.3 is 0 Å². The van der Waals surface area contributed by atoms with Crippen LogP contribution in [-0.4, -0.2) is 0 Å². The molecule has 3 fully saturated rings. The average Bonchev–Trinajstić information content (AvgIpc) is 2.38. The predicted molar refractivity (Wildman–Crippen MR) is 87.5 cm³/mol. The first-order valence-electron chi connectivity index (χ1n) is 8.75. The largest absolute Gasteiger partial charge is 0.0859 e. The van der Waals surface area contributed by atoms with Crippen LogP contribution in [0.15, 0.2) is 23.3 Å². The van der Waals surface area contributed by atoms with Gasteiger partial charge >= 0.3 is 0 Å². The van der Waals surface area contributed by atoms with Crippen molar-refractivity contribution in [2.24, 2.45) is 35.0 Å². The molecule has 4 bridgehead atoms. The quantitative estimate of drug-likeness (QED) is 0.551. The Bertz CT molecular complexity index is 437. The van der Waals surface area contributed by atoms with E-state index in [1.165, 1.54) is 37.7 Å². The van der Waals surface area contributed by atoms with E-state index in [-0.39, 0.29) is 0 Å². The van der Waals surface area contributed by atoms with E-state index in [0.29, 0.717) is 5.41 Å². The minimum atomic E-state index is 0.680. The lowest BCUT2D eigenvalue weighted by Gasteiger charge is -2.70. The van der Waals surface area contributed by atoms with Crippen LogP contribution in [0, 0.1) is 35.0 Å². The van der Waals surface area contributed by atoms with E-state index in [4.69, 9.17) is 0 Å². The standard InChI is InChI=1S/C20H32/c1-13(2)7-6-8-14(3)16-11-12-20(5)17-10-9-15(4)19(20)18(16)17/h7,9,14,16-19H,6,8,10-12H2,1-5H3/t14-,16+,17+,18+,19-,20-/m1/s1. The fourth-order valence-electron chi connectivity index (χ4n) is 5.98. The van der Waals surface area contributed by atoms with E-state index in [1.807, 2.05) is 0 Å². The zero-order valence-electron chi connectivity index (χ0n) is 14.1. The van der Waals surface area contributed by atoms with Crippen LogP contribution in [0.3, 0.4) is 0 Å². The molecule has 0 radical (unpaired) electrons. The third-order valence-electron chi connectivity index (χ3n) is 7.01.